The normalized spacial score (nSPS) is 16.8. The zero-order valence-corrected chi connectivity index (χ0v) is 14.9. The first-order valence-electron chi connectivity index (χ1n) is 8.86. The van der Waals surface area contributed by atoms with Crippen LogP contribution in [0.25, 0.3) is 0 Å². The highest BCUT2D eigenvalue weighted by atomic mass is 16.5. The number of nitrogens with one attached hydrogen (secondary N) is 1. The van der Waals surface area contributed by atoms with E-state index in [0.29, 0.717) is 24.4 Å². The average molecular weight is 349 g/mol. The maximum atomic E-state index is 12.6. The molecule has 1 aliphatic rings. The number of nitrogens with zero attached hydrogens (tertiary/aromatic N) is 2. The van der Waals surface area contributed by atoms with E-state index in [1.54, 1.807) is 7.11 Å². The molecule has 1 amide bonds. The minimum Gasteiger partial charge on any atom is -0.495 e. The van der Waals surface area contributed by atoms with E-state index in [2.05, 4.69) is 11.4 Å². The van der Waals surface area contributed by atoms with Crippen molar-refractivity contribution in [3.8, 4) is 11.8 Å². The van der Waals surface area contributed by atoms with Gasteiger partial charge in [0.2, 0.25) is 0 Å². The molecule has 5 nitrogen and oxygen atoms in total. The number of ether oxygens (including phenoxy) is 1. The van der Waals surface area contributed by atoms with Crippen LogP contribution in [0.5, 0.6) is 5.75 Å². The molecule has 3 rings (SSSR count). The van der Waals surface area contributed by atoms with Crippen molar-refractivity contribution in [1.29, 1.82) is 5.26 Å². The number of likely N-dealkylation sites (tertiary alicyclic amines) is 1. The molecule has 0 aromatic heterocycles. The first kappa shape index (κ1) is 18.0. The van der Waals surface area contributed by atoms with Crippen LogP contribution in [0.2, 0.25) is 0 Å². The van der Waals surface area contributed by atoms with Gasteiger partial charge in [-0.2, -0.15) is 5.26 Å². The van der Waals surface area contributed by atoms with Gasteiger partial charge in [0.25, 0.3) is 5.91 Å². The Morgan fingerprint density at radius 2 is 2.12 bits per heavy atom. The molecular formula is C21H23N3O2. The minimum absolute atomic E-state index is 0.0910. The number of benzene rings is 2. The number of methoxy groups -OCH3 is 1. The Kier molecular flexibility index (Phi) is 5.88. The standard InChI is InChI=1S/C21H23N3O2/c1-26-20-10-9-16(12-18(20)13-22)14-23-19-8-5-11-24(15-19)21(25)17-6-3-2-4-7-17/h2-4,6-7,9-10,12,19,23H,5,8,11,14-15H2,1H3. The summed E-state index contributed by atoms with van der Waals surface area (Å²) in [5.74, 6) is 0.682. The topological polar surface area (TPSA) is 65.4 Å². The third kappa shape index (κ3) is 4.22. The quantitative estimate of drug-likeness (QED) is 0.901. The molecule has 1 heterocycles. The molecule has 1 atom stereocenters. The summed E-state index contributed by atoms with van der Waals surface area (Å²) in [6.07, 6.45) is 2.03. The molecule has 5 heteroatoms. The van der Waals surface area contributed by atoms with Crippen molar-refractivity contribution in [2.45, 2.75) is 25.4 Å². The second kappa shape index (κ2) is 8.50. The maximum absolute atomic E-state index is 12.6. The van der Waals surface area contributed by atoms with E-state index in [9.17, 15) is 10.1 Å². The lowest BCUT2D eigenvalue weighted by molar-refractivity contribution is 0.0694. The lowest BCUT2D eigenvalue weighted by atomic mass is 10.0. The van der Waals surface area contributed by atoms with Crippen molar-refractivity contribution in [3.63, 3.8) is 0 Å². The van der Waals surface area contributed by atoms with Gasteiger partial charge in [0, 0.05) is 31.2 Å². The van der Waals surface area contributed by atoms with Gasteiger partial charge < -0.3 is 15.0 Å². The van der Waals surface area contributed by atoms with E-state index in [-0.39, 0.29) is 11.9 Å². The summed E-state index contributed by atoms with van der Waals surface area (Å²) in [6, 6.07) is 17.5. The highest BCUT2D eigenvalue weighted by Crippen LogP contribution is 2.19. The Balaban J connectivity index is 1.59. The Morgan fingerprint density at radius 1 is 1.31 bits per heavy atom. The van der Waals surface area contributed by atoms with Gasteiger partial charge in [0.05, 0.1) is 12.7 Å². The van der Waals surface area contributed by atoms with Gasteiger partial charge in [-0.05, 0) is 42.7 Å². The SMILES string of the molecule is COc1ccc(CNC2CCCN(C(=O)c3ccccc3)C2)cc1C#N. The van der Waals surface area contributed by atoms with Crippen LogP contribution < -0.4 is 10.1 Å². The number of carbonyl (C=O) groups excluding carboxylic acids is 1. The van der Waals surface area contributed by atoms with Crippen LogP contribution in [0.15, 0.2) is 48.5 Å². The number of hydrogen-bond acceptors (Lipinski definition) is 4. The van der Waals surface area contributed by atoms with E-state index >= 15 is 0 Å². The summed E-state index contributed by atoms with van der Waals surface area (Å²) in [7, 11) is 1.56. The summed E-state index contributed by atoms with van der Waals surface area (Å²) in [4.78, 5) is 14.5. The summed E-state index contributed by atoms with van der Waals surface area (Å²) in [6.45, 7) is 2.17. The average Bonchev–Trinajstić information content (AvgIpc) is 2.72. The number of rotatable bonds is 5. The van der Waals surface area contributed by atoms with Crippen LogP contribution in [-0.4, -0.2) is 37.0 Å². The molecule has 26 heavy (non-hydrogen) atoms. The third-order valence-corrected chi connectivity index (χ3v) is 4.71. The molecule has 2 aromatic carbocycles. The van der Waals surface area contributed by atoms with Crippen molar-refractivity contribution in [2.75, 3.05) is 20.2 Å². The smallest absolute Gasteiger partial charge is 0.253 e. The van der Waals surface area contributed by atoms with Crippen molar-refractivity contribution in [3.05, 3.63) is 65.2 Å². The molecule has 1 saturated heterocycles. The van der Waals surface area contributed by atoms with Gasteiger partial charge in [0.15, 0.2) is 0 Å². The molecule has 0 radical (unpaired) electrons. The number of amides is 1. The van der Waals surface area contributed by atoms with Crippen molar-refractivity contribution < 1.29 is 9.53 Å². The summed E-state index contributed by atoms with van der Waals surface area (Å²) < 4.78 is 5.18. The Bertz CT molecular complexity index is 799. The largest absolute Gasteiger partial charge is 0.495 e. The lowest BCUT2D eigenvalue weighted by Crippen LogP contribution is -2.47. The number of nitriles is 1. The molecule has 1 aliphatic heterocycles. The first-order chi connectivity index (χ1) is 12.7. The monoisotopic (exact) mass is 349 g/mol. The second-order valence-electron chi connectivity index (χ2n) is 6.48. The van der Waals surface area contributed by atoms with Crippen molar-refractivity contribution in [1.82, 2.24) is 10.2 Å². The number of piperidine rings is 1. The van der Waals surface area contributed by atoms with E-state index in [1.165, 1.54) is 0 Å². The Labute approximate surface area is 154 Å². The zero-order chi connectivity index (χ0) is 18.4. The predicted molar refractivity (Wildman–Crippen MR) is 99.9 cm³/mol. The van der Waals surface area contributed by atoms with Gasteiger partial charge >= 0.3 is 0 Å². The van der Waals surface area contributed by atoms with Gasteiger partial charge in [-0.3, -0.25) is 4.79 Å². The summed E-state index contributed by atoms with van der Waals surface area (Å²) >= 11 is 0. The molecule has 2 aromatic rings. The summed E-state index contributed by atoms with van der Waals surface area (Å²) in [5.41, 5.74) is 2.31. The second-order valence-corrected chi connectivity index (χ2v) is 6.48. The minimum atomic E-state index is 0.0910. The molecule has 0 bridgehead atoms. The van der Waals surface area contributed by atoms with E-state index in [0.717, 1.165) is 30.5 Å². The molecule has 1 unspecified atom stereocenters. The van der Waals surface area contributed by atoms with Crippen LogP contribution in [0.3, 0.4) is 0 Å². The highest BCUT2D eigenvalue weighted by Gasteiger charge is 2.24. The highest BCUT2D eigenvalue weighted by molar-refractivity contribution is 5.94. The Hall–Kier alpha value is -2.84. The fourth-order valence-electron chi connectivity index (χ4n) is 3.31. The predicted octanol–water partition coefficient (Wildman–Crippen LogP) is 2.96. The molecule has 1 N–H and O–H groups in total. The maximum Gasteiger partial charge on any atom is 0.253 e. The molecule has 0 spiro atoms. The molecular weight excluding hydrogens is 326 g/mol. The summed E-state index contributed by atoms with van der Waals surface area (Å²) in [5, 5.41) is 12.7. The van der Waals surface area contributed by atoms with Crippen LogP contribution in [0.4, 0.5) is 0 Å². The van der Waals surface area contributed by atoms with Crippen LogP contribution in [0, 0.1) is 11.3 Å². The van der Waals surface area contributed by atoms with Gasteiger partial charge in [-0.15, -0.1) is 0 Å². The number of carbonyl (C=O) groups is 1. The Morgan fingerprint density at radius 3 is 2.85 bits per heavy atom. The van der Waals surface area contributed by atoms with E-state index in [1.807, 2.05) is 53.4 Å². The zero-order valence-electron chi connectivity index (χ0n) is 14.9. The van der Waals surface area contributed by atoms with Crippen molar-refractivity contribution in [2.24, 2.45) is 0 Å². The van der Waals surface area contributed by atoms with Crippen LogP contribution >= 0.6 is 0 Å². The lowest BCUT2D eigenvalue weighted by Gasteiger charge is -2.33. The van der Waals surface area contributed by atoms with E-state index in [4.69, 9.17) is 4.74 Å². The molecule has 1 fully saturated rings. The molecule has 134 valence electrons. The number of hydrogen-bond donors (Lipinski definition) is 1. The fourth-order valence-corrected chi connectivity index (χ4v) is 3.31. The first-order valence-corrected chi connectivity index (χ1v) is 8.86. The van der Waals surface area contributed by atoms with Gasteiger partial charge in [0.1, 0.15) is 11.8 Å². The van der Waals surface area contributed by atoms with E-state index < -0.39 is 0 Å². The van der Waals surface area contributed by atoms with Gasteiger partial charge in [-0.25, -0.2) is 0 Å². The third-order valence-electron chi connectivity index (χ3n) is 4.71. The van der Waals surface area contributed by atoms with Gasteiger partial charge in [-0.1, -0.05) is 24.3 Å². The van der Waals surface area contributed by atoms with Crippen molar-refractivity contribution >= 4 is 5.91 Å². The molecule has 0 saturated carbocycles. The molecule has 0 aliphatic carbocycles. The van der Waals surface area contributed by atoms with Crippen LogP contribution in [-0.2, 0) is 6.54 Å². The van der Waals surface area contributed by atoms with Crippen LogP contribution in [0.1, 0.15) is 34.3 Å². The fraction of sp³-hybridized carbons (Fsp3) is 0.333.